The first-order chi connectivity index (χ1) is 14.5. The van der Waals surface area contributed by atoms with Crippen LogP contribution in [-0.4, -0.2) is 56.4 Å². The van der Waals surface area contributed by atoms with Crippen LogP contribution in [0.4, 0.5) is 14.9 Å². The molecule has 1 aromatic heterocycles. The molecule has 1 aromatic carbocycles. The van der Waals surface area contributed by atoms with Gasteiger partial charge in [-0.3, -0.25) is 15.0 Å². The largest absolute Gasteiger partial charge is 0.444 e. The molecular weight excluding hydrogens is 405 g/mol. The molecule has 1 amide bonds. The normalized spacial score (nSPS) is 19.8. The van der Waals surface area contributed by atoms with Gasteiger partial charge in [-0.15, -0.1) is 0 Å². The number of nitrogens with zero attached hydrogens (tertiary/aromatic N) is 4. The summed E-state index contributed by atoms with van der Waals surface area (Å²) in [6.45, 7) is 8.23. The summed E-state index contributed by atoms with van der Waals surface area (Å²) in [6, 6.07) is 4.15. The van der Waals surface area contributed by atoms with Gasteiger partial charge >= 0.3 is 6.09 Å². The first-order valence-electron chi connectivity index (χ1n) is 10.2. The van der Waals surface area contributed by atoms with Crippen molar-refractivity contribution in [2.45, 2.75) is 58.5 Å². The highest BCUT2D eigenvalue weighted by molar-refractivity contribution is 5.68. The lowest BCUT2D eigenvalue weighted by Gasteiger charge is -2.35. The van der Waals surface area contributed by atoms with Gasteiger partial charge in [0.2, 0.25) is 0 Å². The summed E-state index contributed by atoms with van der Waals surface area (Å²) >= 11 is 0. The molecule has 2 heterocycles. The fourth-order valence-electron chi connectivity index (χ4n) is 3.55. The van der Waals surface area contributed by atoms with Crippen molar-refractivity contribution in [3.63, 3.8) is 0 Å². The molecule has 31 heavy (non-hydrogen) atoms. The van der Waals surface area contributed by atoms with Gasteiger partial charge in [0.15, 0.2) is 0 Å². The summed E-state index contributed by atoms with van der Waals surface area (Å²) in [6.07, 6.45) is 1.81. The van der Waals surface area contributed by atoms with Crippen LogP contribution >= 0.6 is 0 Å². The molecular formula is C21H28FN5O4. The number of piperidine rings is 1. The molecule has 1 aliphatic heterocycles. The molecule has 9 nitrogen and oxygen atoms in total. The molecule has 1 fully saturated rings. The summed E-state index contributed by atoms with van der Waals surface area (Å²) in [7, 11) is 0. The number of nitro benzene ring substituents is 1. The Kier molecular flexibility index (Phi) is 6.59. The van der Waals surface area contributed by atoms with Gasteiger partial charge in [-0.05, 0) is 45.7 Å². The average molecular weight is 433 g/mol. The fraction of sp³-hybridized carbons (Fsp3) is 0.524. The molecule has 1 N–H and O–H groups in total. The molecule has 3 rings (SSSR count). The van der Waals surface area contributed by atoms with Gasteiger partial charge in [-0.2, -0.15) is 0 Å². The van der Waals surface area contributed by atoms with Crippen LogP contribution in [0.1, 0.15) is 38.4 Å². The zero-order valence-corrected chi connectivity index (χ0v) is 18.2. The van der Waals surface area contributed by atoms with Crippen LogP contribution in [0, 0.1) is 17.0 Å². The number of halogens is 1. The van der Waals surface area contributed by atoms with E-state index in [2.05, 4.69) is 10.3 Å². The van der Waals surface area contributed by atoms with Crippen molar-refractivity contribution in [2.24, 2.45) is 0 Å². The second kappa shape index (κ2) is 9.01. The lowest BCUT2D eigenvalue weighted by molar-refractivity contribution is -0.384. The lowest BCUT2D eigenvalue weighted by Crippen LogP contribution is -2.54. The first kappa shape index (κ1) is 22.7. The van der Waals surface area contributed by atoms with Crippen molar-refractivity contribution in [3.05, 3.63) is 52.1 Å². The molecule has 0 saturated carbocycles. The first-order valence-corrected chi connectivity index (χ1v) is 10.2. The van der Waals surface area contributed by atoms with Gasteiger partial charge in [-0.25, -0.2) is 14.2 Å². The maximum atomic E-state index is 14.4. The van der Waals surface area contributed by atoms with E-state index in [-0.39, 0.29) is 18.7 Å². The van der Waals surface area contributed by atoms with Gasteiger partial charge in [0.05, 0.1) is 28.7 Å². The molecule has 1 saturated heterocycles. The van der Waals surface area contributed by atoms with E-state index in [4.69, 9.17) is 4.74 Å². The zero-order chi connectivity index (χ0) is 22.8. The highest BCUT2D eigenvalue weighted by atomic mass is 19.1. The second-order valence-corrected chi connectivity index (χ2v) is 8.83. The third kappa shape index (κ3) is 6.24. The third-order valence-electron chi connectivity index (χ3n) is 4.90. The van der Waals surface area contributed by atoms with E-state index < -0.39 is 28.8 Å². The number of likely N-dealkylation sites (tertiary alicyclic amines) is 1. The molecule has 2 atom stereocenters. The molecule has 0 radical (unpaired) electrons. The number of non-ortho nitro benzene ring substituents is 1. The monoisotopic (exact) mass is 433 g/mol. The quantitative estimate of drug-likeness (QED) is 0.572. The number of aromatic nitrogens is 2. The Morgan fingerprint density at radius 2 is 2.13 bits per heavy atom. The summed E-state index contributed by atoms with van der Waals surface area (Å²) in [5.74, 6) is 0. The predicted octanol–water partition coefficient (Wildman–Crippen LogP) is 3.53. The van der Waals surface area contributed by atoms with Crippen LogP contribution in [-0.2, 0) is 11.3 Å². The highest BCUT2D eigenvalue weighted by Gasteiger charge is 2.32. The number of aryl methyl sites for hydroxylation is 1. The zero-order valence-electron chi connectivity index (χ0n) is 18.2. The Bertz CT molecular complexity index is 955. The van der Waals surface area contributed by atoms with Gasteiger partial charge in [0, 0.05) is 38.0 Å². The average Bonchev–Trinajstić information content (AvgIpc) is 3.09. The smallest absolute Gasteiger partial charge is 0.408 e. The Morgan fingerprint density at radius 1 is 1.39 bits per heavy atom. The van der Waals surface area contributed by atoms with Crippen molar-refractivity contribution >= 4 is 11.8 Å². The molecule has 10 heteroatoms. The second-order valence-electron chi connectivity index (χ2n) is 8.83. The fourth-order valence-corrected chi connectivity index (χ4v) is 3.55. The lowest BCUT2D eigenvalue weighted by atomic mass is 10.0. The van der Waals surface area contributed by atoms with Crippen molar-refractivity contribution < 1.29 is 18.8 Å². The highest BCUT2D eigenvalue weighted by Crippen LogP contribution is 2.24. The van der Waals surface area contributed by atoms with Crippen LogP contribution in [0.15, 0.2) is 30.7 Å². The Hall–Kier alpha value is -3.01. The number of alkyl carbamates (subject to hydrolysis) is 1. The summed E-state index contributed by atoms with van der Waals surface area (Å²) in [4.78, 5) is 29.2. The van der Waals surface area contributed by atoms with Gasteiger partial charge in [-0.1, -0.05) is 0 Å². The minimum absolute atomic E-state index is 0.0253. The van der Waals surface area contributed by atoms with Crippen LogP contribution in [0.5, 0.6) is 0 Å². The molecule has 168 valence electrons. The number of ether oxygens (including phenoxy) is 1. The molecule has 0 aliphatic carbocycles. The number of amides is 1. The van der Waals surface area contributed by atoms with Crippen LogP contribution in [0.2, 0.25) is 0 Å². The van der Waals surface area contributed by atoms with Crippen molar-refractivity contribution in [3.8, 4) is 5.69 Å². The predicted molar refractivity (Wildman–Crippen MR) is 113 cm³/mol. The number of rotatable bonds is 5. The molecule has 0 bridgehead atoms. The number of imidazole rings is 1. The third-order valence-corrected chi connectivity index (χ3v) is 4.90. The van der Waals surface area contributed by atoms with Crippen molar-refractivity contribution in [1.29, 1.82) is 0 Å². The van der Waals surface area contributed by atoms with E-state index in [0.717, 1.165) is 11.3 Å². The SMILES string of the molecule is Cc1cn(-c2cc(CN3CC[C@@H](F)C(NC(=O)OC(C)(C)C)C3)cc([N+](=O)[O-])c2)cn1. The van der Waals surface area contributed by atoms with E-state index in [0.29, 0.717) is 18.8 Å². The Balaban J connectivity index is 1.74. The van der Waals surface area contributed by atoms with Crippen LogP contribution in [0.25, 0.3) is 5.69 Å². The number of benzene rings is 1. The summed E-state index contributed by atoms with van der Waals surface area (Å²) < 4.78 is 21.4. The van der Waals surface area contributed by atoms with Crippen LogP contribution < -0.4 is 5.32 Å². The summed E-state index contributed by atoms with van der Waals surface area (Å²) in [5.41, 5.74) is 1.46. The van der Waals surface area contributed by atoms with Gasteiger partial charge in [0.25, 0.3) is 5.69 Å². The van der Waals surface area contributed by atoms with E-state index in [1.165, 1.54) is 12.1 Å². The van der Waals surface area contributed by atoms with Crippen molar-refractivity contribution in [1.82, 2.24) is 19.8 Å². The van der Waals surface area contributed by atoms with Gasteiger partial charge in [0.1, 0.15) is 11.8 Å². The van der Waals surface area contributed by atoms with Crippen molar-refractivity contribution in [2.75, 3.05) is 13.1 Å². The maximum absolute atomic E-state index is 14.4. The Labute approximate surface area is 180 Å². The van der Waals surface area contributed by atoms with E-state index in [9.17, 15) is 19.3 Å². The number of nitro groups is 1. The minimum atomic E-state index is -1.18. The number of hydrogen-bond donors (Lipinski definition) is 1. The van der Waals surface area contributed by atoms with Crippen LogP contribution in [0.3, 0.4) is 0 Å². The summed E-state index contributed by atoms with van der Waals surface area (Å²) in [5, 5.41) is 14.0. The minimum Gasteiger partial charge on any atom is -0.444 e. The number of hydrogen-bond acceptors (Lipinski definition) is 6. The molecule has 1 aliphatic rings. The molecule has 0 spiro atoms. The Morgan fingerprint density at radius 3 is 2.74 bits per heavy atom. The number of carbonyl (C=O) groups is 1. The molecule has 2 aromatic rings. The van der Waals surface area contributed by atoms with E-state index >= 15 is 0 Å². The number of alkyl halides is 1. The van der Waals surface area contributed by atoms with E-state index in [1.807, 2.05) is 17.9 Å². The number of nitrogens with one attached hydrogen (secondary N) is 1. The van der Waals surface area contributed by atoms with Gasteiger partial charge < -0.3 is 14.6 Å². The van der Waals surface area contributed by atoms with E-state index in [1.54, 1.807) is 37.9 Å². The number of carbonyl (C=O) groups excluding carboxylic acids is 1. The molecule has 1 unspecified atom stereocenters. The maximum Gasteiger partial charge on any atom is 0.408 e. The topological polar surface area (TPSA) is 103 Å². The standard InChI is InChI=1S/C21H28FN5O4/c1-14-10-26(13-23-14)16-7-15(8-17(9-16)27(29)30)11-25-6-5-18(22)19(12-25)24-20(28)31-21(2,3)4/h7-10,13,18-19H,5-6,11-12H2,1-4H3,(H,24,28)/t18-,19?/m1/s1.